The third kappa shape index (κ3) is 3.08. The molecule has 0 bridgehead atoms. The zero-order valence-corrected chi connectivity index (χ0v) is 10.5. The first-order chi connectivity index (χ1) is 9.11. The van der Waals surface area contributed by atoms with Gasteiger partial charge in [-0.3, -0.25) is 4.68 Å². The number of nitrogens with zero attached hydrogens (tertiary/aromatic N) is 2. The van der Waals surface area contributed by atoms with Crippen molar-refractivity contribution in [2.24, 2.45) is 5.73 Å². The number of hydrogen-bond donors (Lipinski definition) is 1. The highest BCUT2D eigenvalue weighted by Gasteiger charge is 2.14. The minimum atomic E-state index is -2.84. The fraction of sp³-hybridized carbons (Fsp3) is 0.308. The number of aryl methyl sites for hydroxylation is 1. The monoisotopic (exact) mass is 267 g/mol. The molecule has 0 saturated carbocycles. The SMILES string of the molecule is CCn1nccc1C(N)c1cccc(OC(F)F)c1. The normalized spacial score (nSPS) is 12.7. The predicted molar refractivity (Wildman–Crippen MR) is 67.0 cm³/mol. The molecule has 2 aromatic rings. The van der Waals surface area contributed by atoms with Crippen molar-refractivity contribution in [2.45, 2.75) is 26.1 Å². The number of halogens is 2. The number of ether oxygens (including phenoxy) is 1. The van der Waals surface area contributed by atoms with E-state index in [0.29, 0.717) is 12.1 Å². The van der Waals surface area contributed by atoms with E-state index < -0.39 is 12.7 Å². The van der Waals surface area contributed by atoms with E-state index in [1.165, 1.54) is 12.1 Å². The zero-order chi connectivity index (χ0) is 13.8. The summed E-state index contributed by atoms with van der Waals surface area (Å²) in [5, 5.41) is 4.14. The summed E-state index contributed by atoms with van der Waals surface area (Å²) in [4.78, 5) is 0. The molecule has 1 aromatic carbocycles. The van der Waals surface area contributed by atoms with Gasteiger partial charge in [0.25, 0.3) is 0 Å². The van der Waals surface area contributed by atoms with Crippen molar-refractivity contribution in [3.05, 3.63) is 47.8 Å². The minimum absolute atomic E-state index is 0.102. The van der Waals surface area contributed by atoms with Crippen LogP contribution in [0.1, 0.15) is 24.2 Å². The maximum Gasteiger partial charge on any atom is 0.387 e. The summed E-state index contributed by atoms with van der Waals surface area (Å²) in [6, 6.07) is 7.79. The van der Waals surface area contributed by atoms with Crippen LogP contribution in [0.25, 0.3) is 0 Å². The Balaban J connectivity index is 2.26. The van der Waals surface area contributed by atoms with Crippen LogP contribution in [0.3, 0.4) is 0 Å². The smallest absolute Gasteiger partial charge is 0.387 e. The predicted octanol–water partition coefficient (Wildman–Crippen LogP) is 2.55. The summed E-state index contributed by atoms with van der Waals surface area (Å²) in [5.74, 6) is 0.102. The summed E-state index contributed by atoms with van der Waals surface area (Å²) in [5.41, 5.74) is 7.67. The Labute approximate surface area is 109 Å². The zero-order valence-electron chi connectivity index (χ0n) is 10.5. The molecule has 102 valence electrons. The molecule has 2 rings (SSSR count). The Bertz CT molecular complexity index is 542. The van der Waals surface area contributed by atoms with Crippen molar-refractivity contribution in [1.82, 2.24) is 9.78 Å². The van der Waals surface area contributed by atoms with Crippen molar-refractivity contribution in [1.29, 1.82) is 0 Å². The molecule has 1 heterocycles. The molecular weight excluding hydrogens is 252 g/mol. The summed E-state index contributed by atoms with van der Waals surface area (Å²) in [6.45, 7) is -0.185. The maximum atomic E-state index is 12.2. The van der Waals surface area contributed by atoms with E-state index >= 15 is 0 Å². The Morgan fingerprint density at radius 2 is 2.16 bits per heavy atom. The number of hydrogen-bond acceptors (Lipinski definition) is 3. The second kappa shape index (κ2) is 5.79. The van der Waals surface area contributed by atoms with Gasteiger partial charge in [0.2, 0.25) is 0 Å². The third-order valence-corrected chi connectivity index (χ3v) is 2.81. The first kappa shape index (κ1) is 13.5. The van der Waals surface area contributed by atoms with Gasteiger partial charge >= 0.3 is 6.61 Å². The Morgan fingerprint density at radius 3 is 2.84 bits per heavy atom. The molecule has 0 radical (unpaired) electrons. The van der Waals surface area contributed by atoms with E-state index in [0.717, 1.165) is 5.69 Å². The van der Waals surface area contributed by atoms with Gasteiger partial charge in [-0.2, -0.15) is 13.9 Å². The van der Waals surface area contributed by atoms with Gasteiger partial charge in [-0.1, -0.05) is 12.1 Å². The second-order valence-corrected chi connectivity index (χ2v) is 4.00. The van der Waals surface area contributed by atoms with Crippen molar-refractivity contribution >= 4 is 0 Å². The lowest BCUT2D eigenvalue weighted by atomic mass is 10.0. The Kier molecular flexibility index (Phi) is 4.11. The molecule has 0 aliphatic rings. The van der Waals surface area contributed by atoms with Crippen LogP contribution in [0.4, 0.5) is 8.78 Å². The number of nitrogens with two attached hydrogens (primary N) is 1. The van der Waals surface area contributed by atoms with Gasteiger partial charge in [-0.25, -0.2) is 0 Å². The highest BCUT2D eigenvalue weighted by atomic mass is 19.3. The molecule has 1 atom stereocenters. The van der Waals surface area contributed by atoms with E-state index in [-0.39, 0.29) is 5.75 Å². The fourth-order valence-electron chi connectivity index (χ4n) is 1.93. The maximum absolute atomic E-state index is 12.2. The van der Waals surface area contributed by atoms with Crippen molar-refractivity contribution in [2.75, 3.05) is 0 Å². The first-order valence-electron chi connectivity index (χ1n) is 5.94. The number of rotatable bonds is 5. The number of alkyl halides is 2. The van der Waals surface area contributed by atoms with Gasteiger partial charge in [0, 0.05) is 12.7 Å². The van der Waals surface area contributed by atoms with Gasteiger partial charge in [0.1, 0.15) is 5.75 Å². The molecule has 2 N–H and O–H groups in total. The van der Waals surface area contributed by atoms with Crippen LogP contribution < -0.4 is 10.5 Å². The summed E-state index contributed by atoms with van der Waals surface area (Å²) in [7, 11) is 0. The molecule has 6 heteroatoms. The topological polar surface area (TPSA) is 53.1 Å². The number of benzene rings is 1. The van der Waals surface area contributed by atoms with E-state index in [9.17, 15) is 8.78 Å². The fourth-order valence-corrected chi connectivity index (χ4v) is 1.93. The molecule has 0 saturated heterocycles. The quantitative estimate of drug-likeness (QED) is 0.905. The second-order valence-electron chi connectivity index (χ2n) is 4.00. The molecule has 0 fully saturated rings. The van der Waals surface area contributed by atoms with Gasteiger partial charge in [0.15, 0.2) is 0 Å². The molecule has 4 nitrogen and oxygen atoms in total. The standard InChI is InChI=1S/C13H15F2N3O/c1-2-18-11(6-7-17-18)12(16)9-4-3-5-10(8-9)19-13(14)15/h3-8,12-13H,2,16H2,1H3. The molecule has 0 amide bonds. The number of aromatic nitrogens is 2. The molecular formula is C13H15F2N3O. The summed E-state index contributed by atoms with van der Waals surface area (Å²) in [6.07, 6.45) is 1.66. The molecule has 0 spiro atoms. The molecule has 19 heavy (non-hydrogen) atoms. The lowest BCUT2D eigenvalue weighted by Gasteiger charge is -2.15. The third-order valence-electron chi connectivity index (χ3n) is 2.81. The largest absolute Gasteiger partial charge is 0.435 e. The van der Waals surface area contributed by atoms with Crippen molar-refractivity contribution in [3.63, 3.8) is 0 Å². The summed E-state index contributed by atoms with van der Waals surface area (Å²) >= 11 is 0. The van der Waals surface area contributed by atoms with Gasteiger partial charge < -0.3 is 10.5 Å². The van der Waals surface area contributed by atoms with Crippen LogP contribution in [0.15, 0.2) is 36.5 Å². The van der Waals surface area contributed by atoms with E-state index in [2.05, 4.69) is 9.84 Å². The van der Waals surface area contributed by atoms with Crippen LogP contribution in [0.2, 0.25) is 0 Å². The van der Waals surface area contributed by atoms with E-state index in [1.807, 2.05) is 13.0 Å². The van der Waals surface area contributed by atoms with Gasteiger partial charge in [-0.15, -0.1) is 0 Å². The van der Waals surface area contributed by atoms with Crippen molar-refractivity contribution in [3.8, 4) is 5.75 Å². The Morgan fingerprint density at radius 1 is 1.37 bits per heavy atom. The van der Waals surface area contributed by atoms with Crippen LogP contribution in [-0.2, 0) is 6.54 Å². The molecule has 0 aliphatic carbocycles. The van der Waals surface area contributed by atoms with Crippen molar-refractivity contribution < 1.29 is 13.5 Å². The molecule has 0 aliphatic heterocycles. The minimum Gasteiger partial charge on any atom is -0.435 e. The molecule has 1 unspecified atom stereocenters. The van der Waals surface area contributed by atoms with Crippen LogP contribution in [0.5, 0.6) is 5.75 Å². The van der Waals surface area contributed by atoms with Gasteiger partial charge in [0.05, 0.1) is 11.7 Å². The van der Waals surface area contributed by atoms with Crippen LogP contribution in [-0.4, -0.2) is 16.4 Å². The lowest BCUT2D eigenvalue weighted by molar-refractivity contribution is -0.0498. The van der Waals surface area contributed by atoms with E-state index in [4.69, 9.17) is 5.73 Å². The highest BCUT2D eigenvalue weighted by molar-refractivity contribution is 5.34. The average molecular weight is 267 g/mol. The average Bonchev–Trinajstić information content (AvgIpc) is 2.85. The first-order valence-corrected chi connectivity index (χ1v) is 5.94. The lowest BCUT2D eigenvalue weighted by Crippen LogP contribution is -2.17. The van der Waals surface area contributed by atoms with E-state index in [1.54, 1.807) is 23.0 Å². The van der Waals surface area contributed by atoms with Gasteiger partial charge in [-0.05, 0) is 30.7 Å². The molecule has 1 aromatic heterocycles. The van der Waals surface area contributed by atoms with Crippen LogP contribution in [0, 0.1) is 0 Å². The summed E-state index contributed by atoms with van der Waals surface area (Å²) < 4.78 is 30.5. The van der Waals surface area contributed by atoms with Crippen LogP contribution >= 0.6 is 0 Å². The highest BCUT2D eigenvalue weighted by Crippen LogP contribution is 2.24. The Hall–Kier alpha value is -1.95.